The summed E-state index contributed by atoms with van der Waals surface area (Å²) in [6.45, 7) is 11.4. The van der Waals surface area contributed by atoms with Crippen molar-refractivity contribution in [2.45, 2.75) is 13.0 Å². The summed E-state index contributed by atoms with van der Waals surface area (Å²) in [6.07, 6.45) is 1.87. The van der Waals surface area contributed by atoms with E-state index in [0.29, 0.717) is 6.04 Å². The molecular formula is C21H29N5O. The van der Waals surface area contributed by atoms with Crippen LogP contribution in [0.25, 0.3) is 11.3 Å². The van der Waals surface area contributed by atoms with Crippen LogP contribution in [0.5, 0.6) is 0 Å². The van der Waals surface area contributed by atoms with Gasteiger partial charge in [0.15, 0.2) is 0 Å². The molecule has 2 aliphatic heterocycles. The highest BCUT2D eigenvalue weighted by atomic mass is 16.5. The minimum absolute atomic E-state index is 0.582. The average molecular weight is 367 g/mol. The minimum atomic E-state index is 0.582. The number of morpholine rings is 1. The molecule has 2 fully saturated rings. The molecule has 0 radical (unpaired) electrons. The molecule has 27 heavy (non-hydrogen) atoms. The van der Waals surface area contributed by atoms with Crippen LogP contribution in [0.3, 0.4) is 0 Å². The molecule has 0 N–H and O–H groups in total. The van der Waals surface area contributed by atoms with E-state index in [1.54, 1.807) is 0 Å². The highest BCUT2D eigenvalue weighted by molar-refractivity contribution is 5.59. The third kappa shape index (κ3) is 4.64. The van der Waals surface area contributed by atoms with Crippen molar-refractivity contribution in [3.05, 3.63) is 42.6 Å². The number of aromatic nitrogens is 2. The number of hydrogen-bond donors (Lipinski definition) is 0. The summed E-state index contributed by atoms with van der Waals surface area (Å²) in [4.78, 5) is 16.7. The molecule has 6 nitrogen and oxygen atoms in total. The summed E-state index contributed by atoms with van der Waals surface area (Å²) in [7, 11) is 0. The smallest absolute Gasteiger partial charge is 0.225 e. The van der Waals surface area contributed by atoms with Crippen LogP contribution in [0, 0.1) is 0 Å². The van der Waals surface area contributed by atoms with E-state index in [9.17, 15) is 0 Å². The lowest BCUT2D eigenvalue weighted by molar-refractivity contribution is 0.0121. The molecule has 1 aromatic heterocycles. The molecule has 4 rings (SSSR count). The van der Waals surface area contributed by atoms with Crippen molar-refractivity contribution in [2.24, 2.45) is 0 Å². The number of piperazine rings is 1. The number of hydrogen-bond acceptors (Lipinski definition) is 6. The molecule has 2 saturated heterocycles. The maximum Gasteiger partial charge on any atom is 0.225 e. The third-order valence-corrected chi connectivity index (χ3v) is 5.56. The predicted molar refractivity (Wildman–Crippen MR) is 108 cm³/mol. The van der Waals surface area contributed by atoms with E-state index in [0.717, 1.165) is 76.2 Å². The van der Waals surface area contributed by atoms with E-state index in [4.69, 9.17) is 9.72 Å². The summed E-state index contributed by atoms with van der Waals surface area (Å²) in [5, 5.41) is 0. The molecule has 2 aliphatic rings. The lowest BCUT2D eigenvalue weighted by Gasteiger charge is -2.39. The maximum absolute atomic E-state index is 5.47. The zero-order valence-electron chi connectivity index (χ0n) is 16.1. The Morgan fingerprint density at radius 2 is 1.70 bits per heavy atom. The van der Waals surface area contributed by atoms with Crippen LogP contribution in [-0.2, 0) is 4.74 Å². The molecule has 1 atom stereocenters. The molecule has 0 aliphatic carbocycles. The second-order valence-corrected chi connectivity index (χ2v) is 7.39. The van der Waals surface area contributed by atoms with Gasteiger partial charge in [-0.3, -0.25) is 9.80 Å². The quantitative estimate of drug-likeness (QED) is 0.805. The Balaban J connectivity index is 1.33. The largest absolute Gasteiger partial charge is 0.379 e. The number of rotatable bonds is 5. The molecule has 0 saturated carbocycles. The van der Waals surface area contributed by atoms with Crippen molar-refractivity contribution < 1.29 is 4.74 Å². The fourth-order valence-corrected chi connectivity index (χ4v) is 3.91. The molecule has 0 amide bonds. The Morgan fingerprint density at radius 1 is 0.963 bits per heavy atom. The fraction of sp³-hybridized carbons (Fsp3) is 0.524. The maximum atomic E-state index is 5.47. The average Bonchev–Trinajstić information content (AvgIpc) is 2.75. The van der Waals surface area contributed by atoms with E-state index in [2.05, 4.69) is 38.7 Å². The summed E-state index contributed by atoms with van der Waals surface area (Å²) < 4.78 is 5.47. The molecule has 6 heteroatoms. The van der Waals surface area contributed by atoms with E-state index >= 15 is 0 Å². The second-order valence-electron chi connectivity index (χ2n) is 7.39. The first-order valence-electron chi connectivity index (χ1n) is 9.97. The van der Waals surface area contributed by atoms with E-state index < -0.39 is 0 Å². The van der Waals surface area contributed by atoms with Gasteiger partial charge in [0.05, 0.1) is 18.9 Å². The Bertz CT molecular complexity index is 712. The van der Waals surface area contributed by atoms with Crippen LogP contribution in [0.15, 0.2) is 42.6 Å². The van der Waals surface area contributed by atoms with Gasteiger partial charge in [-0.05, 0) is 13.0 Å². The van der Waals surface area contributed by atoms with Gasteiger partial charge in [0.2, 0.25) is 5.95 Å². The highest BCUT2D eigenvalue weighted by Crippen LogP contribution is 2.19. The second kappa shape index (κ2) is 8.78. The number of benzene rings is 1. The molecule has 0 spiro atoms. The summed E-state index contributed by atoms with van der Waals surface area (Å²) >= 11 is 0. The van der Waals surface area contributed by atoms with Gasteiger partial charge >= 0.3 is 0 Å². The van der Waals surface area contributed by atoms with Crippen LogP contribution in [-0.4, -0.2) is 84.8 Å². The first kappa shape index (κ1) is 18.3. The van der Waals surface area contributed by atoms with Crippen LogP contribution in [0.1, 0.15) is 6.92 Å². The zero-order valence-corrected chi connectivity index (χ0v) is 16.1. The van der Waals surface area contributed by atoms with Crippen molar-refractivity contribution in [3.8, 4) is 11.3 Å². The van der Waals surface area contributed by atoms with Crippen LogP contribution < -0.4 is 4.90 Å². The Morgan fingerprint density at radius 3 is 2.44 bits per heavy atom. The van der Waals surface area contributed by atoms with Gasteiger partial charge in [0.1, 0.15) is 0 Å². The number of anilines is 1. The lowest BCUT2D eigenvalue weighted by atomic mass is 10.1. The third-order valence-electron chi connectivity index (χ3n) is 5.56. The van der Waals surface area contributed by atoms with Crippen molar-refractivity contribution in [1.82, 2.24) is 19.8 Å². The van der Waals surface area contributed by atoms with Crippen molar-refractivity contribution in [2.75, 3.05) is 63.9 Å². The van der Waals surface area contributed by atoms with Crippen molar-refractivity contribution in [1.29, 1.82) is 0 Å². The Hall–Kier alpha value is -2.02. The number of ether oxygens (including phenoxy) is 1. The standard InChI is InChI=1S/C21H29N5O/c1-18(25-13-15-27-16-14-25)17-24-9-11-26(12-10-24)21-22-8-7-20(23-21)19-5-3-2-4-6-19/h2-8,18H,9-17H2,1H3/t18-/m0/s1. The van der Waals surface area contributed by atoms with Gasteiger partial charge in [-0.25, -0.2) is 9.97 Å². The molecule has 1 aromatic carbocycles. The zero-order chi connectivity index (χ0) is 18.5. The van der Waals surface area contributed by atoms with Crippen molar-refractivity contribution in [3.63, 3.8) is 0 Å². The van der Waals surface area contributed by atoms with Gasteiger partial charge in [0.25, 0.3) is 0 Å². The van der Waals surface area contributed by atoms with E-state index in [1.807, 2.05) is 30.5 Å². The topological polar surface area (TPSA) is 44.7 Å². The Kier molecular flexibility index (Phi) is 5.97. The molecule has 0 unspecified atom stereocenters. The molecular weight excluding hydrogens is 338 g/mol. The molecule has 2 aromatic rings. The summed E-state index contributed by atoms with van der Waals surface area (Å²) in [5.74, 6) is 0.845. The lowest BCUT2D eigenvalue weighted by Crippen LogP contribution is -2.52. The van der Waals surface area contributed by atoms with E-state index in [1.165, 1.54) is 0 Å². The normalized spacial score (nSPS) is 20.6. The van der Waals surface area contributed by atoms with E-state index in [-0.39, 0.29) is 0 Å². The predicted octanol–water partition coefficient (Wildman–Crippen LogP) is 1.99. The van der Waals surface area contributed by atoms with Gasteiger partial charge in [-0.2, -0.15) is 0 Å². The first-order chi connectivity index (χ1) is 13.3. The van der Waals surface area contributed by atoms with Crippen molar-refractivity contribution >= 4 is 5.95 Å². The van der Waals surface area contributed by atoms with Crippen LogP contribution in [0.2, 0.25) is 0 Å². The molecule has 0 bridgehead atoms. The first-order valence-corrected chi connectivity index (χ1v) is 9.97. The fourth-order valence-electron chi connectivity index (χ4n) is 3.91. The molecule has 3 heterocycles. The monoisotopic (exact) mass is 367 g/mol. The summed E-state index contributed by atoms with van der Waals surface area (Å²) in [5.41, 5.74) is 2.13. The van der Waals surface area contributed by atoms with Crippen LogP contribution in [0.4, 0.5) is 5.95 Å². The van der Waals surface area contributed by atoms with Gasteiger partial charge in [-0.15, -0.1) is 0 Å². The SMILES string of the molecule is C[C@@H](CN1CCN(c2nccc(-c3ccccc3)n2)CC1)N1CCOCC1. The highest BCUT2D eigenvalue weighted by Gasteiger charge is 2.23. The van der Waals surface area contributed by atoms with Gasteiger partial charge in [0, 0.05) is 63.6 Å². The summed E-state index contributed by atoms with van der Waals surface area (Å²) in [6, 6.07) is 12.9. The number of nitrogens with zero attached hydrogens (tertiary/aromatic N) is 5. The van der Waals surface area contributed by atoms with Gasteiger partial charge < -0.3 is 9.64 Å². The minimum Gasteiger partial charge on any atom is -0.379 e. The molecule has 144 valence electrons. The van der Waals surface area contributed by atoms with Crippen LogP contribution >= 0.6 is 0 Å². The Labute approximate surface area is 161 Å². The van der Waals surface area contributed by atoms with Gasteiger partial charge in [-0.1, -0.05) is 30.3 Å².